The molecule has 0 aromatic carbocycles. The predicted molar refractivity (Wildman–Crippen MR) is 125 cm³/mol. The summed E-state index contributed by atoms with van der Waals surface area (Å²) in [6.45, 7) is 3.11. The van der Waals surface area contributed by atoms with Crippen molar-refractivity contribution in [3.8, 4) is 0 Å². The van der Waals surface area contributed by atoms with Gasteiger partial charge in [0, 0.05) is 56.4 Å². The number of allylic oxidation sites excluding steroid dienone is 1. The van der Waals surface area contributed by atoms with E-state index < -0.39 is 5.41 Å². The maximum Gasteiger partial charge on any atom is 0.219 e. The molecule has 2 saturated carbocycles. The van der Waals surface area contributed by atoms with Crippen LogP contribution in [-0.4, -0.2) is 80.9 Å². The number of hydrogen-bond acceptors (Lipinski definition) is 6. The molecule has 1 heterocycles. The van der Waals surface area contributed by atoms with E-state index in [2.05, 4.69) is 26.9 Å². The van der Waals surface area contributed by atoms with Crippen LogP contribution in [0.5, 0.6) is 0 Å². The Morgan fingerprint density at radius 1 is 1.24 bits per heavy atom. The first-order chi connectivity index (χ1) is 15.9. The van der Waals surface area contributed by atoms with Crippen molar-refractivity contribution in [2.24, 2.45) is 28.6 Å². The number of carbonyl (C=O) groups excluding carboxylic acids is 2. The number of piperidine rings is 1. The van der Waals surface area contributed by atoms with E-state index >= 15 is 0 Å². The smallest absolute Gasteiger partial charge is 0.219 e. The Bertz CT molecular complexity index is 890. The molecule has 1 saturated heterocycles. The number of likely N-dealkylation sites (tertiary alicyclic amines) is 1. The van der Waals surface area contributed by atoms with Gasteiger partial charge in [0.05, 0.1) is 30.8 Å². The van der Waals surface area contributed by atoms with E-state index in [1.54, 1.807) is 34.3 Å². The van der Waals surface area contributed by atoms with Crippen molar-refractivity contribution >= 4 is 27.6 Å². The molecule has 1 amide bonds. The molecular weight excluding hydrogens is 490 g/mol. The number of fused-ring (bicyclic) bond motifs is 2. The molecule has 0 radical (unpaired) electrons. The van der Waals surface area contributed by atoms with E-state index in [1.165, 1.54) is 5.57 Å². The van der Waals surface area contributed by atoms with Crippen molar-refractivity contribution in [1.29, 1.82) is 0 Å². The quantitative estimate of drug-likeness (QED) is 0.290. The minimum atomic E-state index is -0.410. The van der Waals surface area contributed by atoms with Crippen molar-refractivity contribution in [3.63, 3.8) is 0 Å². The van der Waals surface area contributed by atoms with Crippen LogP contribution in [0.4, 0.5) is 0 Å². The van der Waals surface area contributed by atoms with E-state index in [0.717, 1.165) is 19.3 Å². The average Bonchev–Trinajstić information content (AvgIpc) is 3.19. The number of methoxy groups -OCH3 is 3. The molecule has 8 heteroatoms. The summed E-state index contributed by atoms with van der Waals surface area (Å²) >= 11 is 3.99. The Morgan fingerprint density at radius 2 is 2.03 bits per heavy atom. The third-order valence-corrected chi connectivity index (χ3v) is 9.96. The molecule has 33 heavy (non-hydrogen) atoms. The molecule has 182 valence electrons. The Hall–Kier alpha value is -1.06. The largest absolute Gasteiger partial charge is 0.384 e. The number of nitrogens with zero attached hydrogens (tertiary/aromatic N) is 1. The van der Waals surface area contributed by atoms with Crippen LogP contribution in [0.25, 0.3) is 0 Å². The maximum absolute atomic E-state index is 13.0. The molecule has 6 unspecified atom stereocenters. The van der Waals surface area contributed by atoms with E-state index in [9.17, 15) is 9.59 Å². The third kappa shape index (κ3) is 3.13. The highest BCUT2D eigenvalue weighted by molar-refractivity contribution is 9.09. The summed E-state index contributed by atoms with van der Waals surface area (Å²) in [6, 6.07) is -0.0487. The van der Waals surface area contributed by atoms with E-state index in [-0.39, 0.29) is 64.7 Å². The number of amides is 1. The zero-order valence-corrected chi connectivity index (χ0v) is 21.4. The van der Waals surface area contributed by atoms with Crippen LogP contribution in [0.1, 0.15) is 26.2 Å². The fraction of sp³-hybridized carbons (Fsp3) is 0.760. The monoisotopic (exact) mass is 523 g/mol. The summed E-state index contributed by atoms with van der Waals surface area (Å²) in [5, 5.41) is 0. The Labute approximate surface area is 203 Å². The molecular formula is C25H34BrNO6. The van der Waals surface area contributed by atoms with E-state index in [1.807, 2.05) is 6.08 Å². The summed E-state index contributed by atoms with van der Waals surface area (Å²) in [7, 11) is 5.13. The van der Waals surface area contributed by atoms with Gasteiger partial charge in [-0.2, -0.15) is 0 Å². The van der Waals surface area contributed by atoms with Crippen molar-refractivity contribution in [2.45, 2.75) is 49.3 Å². The molecule has 6 bridgehead atoms. The SMILES string of the molecule is COCO[C@@H]1C2C=CC(=O)[C@@H]1C=C2C12C(OC)CCC3(COC)CN(C(C)=O)C1[C@@H](Br)CC32. The number of halogens is 1. The number of alkyl halides is 1. The standard InChI is InChI=1S/C25H34BrNO6/c1-14(28)27-11-24(12-30-2)8-7-21(32-4)25(20(24)10-18(26)23(25)27)17-9-16-19(29)6-5-15(17)22(16)33-13-31-3/h5-6,9,15-16,18,20-23H,7-8,10-13H2,1-4H3/t15?,16-,18-,20?,21?,22+,23?,24?,25?/m0/s1. The topological polar surface area (TPSA) is 74.3 Å². The van der Waals surface area contributed by atoms with Gasteiger partial charge in [0.25, 0.3) is 0 Å². The van der Waals surface area contributed by atoms with Crippen LogP contribution in [0.2, 0.25) is 0 Å². The van der Waals surface area contributed by atoms with Crippen LogP contribution in [0.3, 0.4) is 0 Å². The summed E-state index contributed by atoms with van der Waals surface area (Å²) in [6.07, 6.45) is 8.29. The normalized spacial score (nSPS) is 45.5. The number of carbonyl (C=O) groups is 2. The first kappa shape index (κ1) is 23.7. The first-order valence-corrected chi connectivity index (χ1v) is 12.7. The zero-order chi connectivity index (χ0) is 23.5. The second-order valence-corrected chi connectivity index (χ2v) is 11.5. The summed E-state index contributed by atoms with van der Waals surface area (Å²) in [5.41, 5.74) is 0.639. The maximum atomic E-state index is 13.0. The zero-order valence-electron chi connectivity index (χ0n) is 19.8. The molecule has 0 aromatic rings. The average molecular weight is 524 g/mol. The Balaban J connectivity index is 1.70. The van der Waals surface area contributed by atoms with Gasteiger partial charge in [-0.25, -0.2) is 0 Å². The van der Waals surface area contributed by atoms with Crippen LogP contribution in [-0.2, 0) is 28.5 Å². The molecule has 0 aromatic heterocycles. The van der Waals surface area contributed by atoms with Crippen molar-refractivity contribution in [2.75, 3.05) is 41.3 Å². The van der Waals surface area contributed by atoms with Gasteiger partial charge in [0.1, 0.15) is 6.79 Å². The summed E-state index contributed by atoms with van der Waals surface area (Å²) < 4.78 is 23.3. The minimum absolute atomic E-state index is 0.0476. The molecule has 0 N–H and O–H groups in total. The van der Waals surface area contributed by atoms with Gasteiger partial charge >= 0.3 is 0 Å². The first-order valence-electron chi connectivity index (χ1n) is 11.8. The van der Waals surface area contributed by atoms with Gasteiger partial charge in [-0.05, 0) is 31.3 Å². The molecule has 7 nitrogen and oxygen atoms in total. The van der Waals surface area contributed by atoms with Gasteiger partial charge in [-0.1, -0.05) is 33.7 Å². The second kappa shape index (κ2) is 8.55. The number of ether oxygens (including phenoxy) is 4. The predicted octanol–water partition coefficient (Wildman–Crippen LogP) is 2.73. The number of ketones is 1. The van der Waals surface area contributed by atoms with Crippen molar-refractivity contribution < 1.29 is 28.5 Å². The molecule has 0 spiro atoms. The lowest BCUT2D eigenvalue weighted by Crippen LogP contribution is -2.70. The highest BCUT2D eigenvalue weighted by Gasteiger charge is 2.74. The van der Waals surface area contributed by atoms with Gasteiger partial charge in [-0.15, -0.1) is 0 Å². The highest BCUT2D eigenvalue weighted by Crippen LogP contribution is 2.71. The lowest BCUT2D eigenvalue weighted by atomic mass is 9.48. The highest BCUT2D eigenvalue weighted by atomic mass is 79.9. The van der Waals surface area contributed by atoms with E-state index in [0.29, 0.717) is 13.2 Å². The fourth-order valence-electron chi connectivity index (χ4n) is 8.17. The molecule has 1 aliphatic heterocycles. The summed E-state index contributed by atoms with van der Waals surface area (Å²) in [4.78, 5) is 28.1. The van der Waals surface area contributed by atoms with Crippen molar-refractivity contribution in [1.82, 2.24) is 4.90 Å². The molecule has 9 atom stereocenters. The van der Waals surface area contributed by atoms with Crippen LogP contribution in [0, 0.1) is 28.6 Å². The lowest BCUT2D eigenvalue weighted by Gasteiger charge is -2.64. The van der Waals surface area contributed by atoms with Gasteiger partial charge in [0.15, 0.2) is 5.78 Å². The minimum Gasteiger partial charge on any atom is -0.384 e. The lowest BCUT2D eigenvalue weighted by molar-refractivity contribution is -0.192. The van der Waals surface area contributed by atoms with E-state index in [4.69, 9.17) is 18.9 Å². The number of hydrogen-bond donors (Lipinski definition) is 0. The molecule has 5 aliphatic rings. The number of rotatable bonds is 7. The van der Waals surface area contributed by atoms with Gasteiger partial charge < -0.3 is 23.8 Å². The fourth-order valence-corrected chi connectivity index (χ4v) is 9.27. The second-order valence-electron chi connectivity index (χ2n) is 10.4. The Morgan fingerprint density at radius 3 is 2.70 bits per heavy atom. The van der Waals surface area contributed by atoms with Crippen LogP contribution < -0.4 is 0 Å². The molecule has 3 fully saturated rings. The van der Waals surface area contributed by atoms with Gasteiger partial charge in [-0.3, -0.25) is 9.59 Å². The van der Waals surface area contributed by atoms with Gasteiger partial charge in [0.2, 0.25) is 5.91 Å². The third-order valence-electron chi connectivity index (χ3n) is 9.09. The summed E-state index contributed by atoms with van der Waals surface area (Å²) in [5.74, 6) is 0.0245. The van der Waals surface area contributed by atoms with Crippen LogP contribution >= 0.6 is 15.9 Å². The Kier molecular flexibility index (Phi) is 6.14. The van der Waals surface area contributed by atoms with Crippen LogP contribution in [0.15, 0.2) is 23.8 Å². The molecule has 4 aliphatic carbocycles. The van der Waals surface area contributed by atoms with Crippen molar-refractivity contribution in [3.05, 3.63) is 23.8 Å². The molecule has 5 rings (SSSR count).